The van der Waals surface area contributed by atoms with Gasteiger partial charge in [0.05, 0.1) is 0 Å². The van der Waals surface area contributed by atoms with Crippen molar-refractivity contribution in [1.29, 1.82) is 0 Å². The summed E-state index contributed by atoms with van der Waals surface area (Å²) in [6.45, 7) is 6.32. The molecule has 1 unspecified atom stereocenters. The number of amides is 1. The second kappa shape index (κ2) is 7.78. The van der Waals surface area contributed by atoms with Crippen LogP contribution >= 0.6 is 0 Å². The van der Waals surface area contributed by atoms with Gasteiger partial charge in [-0.1, -0.05) is 20.3 Å². The van der Waals surface area contributed by atoms with Gasteiger partial charge >= 0.3 is 0 Å². The lowest BCUT2D eigenvalue weighted by molar-refractivity contribution is -0.135. The first kappa shape index (κ1) is 15.5. The van der Waals surface area contributed by atoms with E-state index in [9.17, 15) is 4.79 Å². The van der Waals surface area contributed by atoms with Gasteiger partial charge in [0.15, 0.2) is 0 Å². The van der Waals surface area contributed by atoms with Gasteiger partial charge in [0.1, 0.15) is 0 Å². The van der Waals surface area contributed by atoms with Gasteiger partial charge < -0.3 is 10.2 Å². The van der Waals surface area contributed by atoms with E-state index in [2.05, 4.69) is 19.2 Å². The van der Waals surface area contributed by atoms with E-state index in [-0.39, 0.29) is 5.92 Å². The minimum atomic E-state index is 0.284. The van der Waals surface area contributed by atoms with Gasteiger partial charge in [-0.05, 0) is 44.6 Å². The lowest BCUT2D eigenvalue weighted by atomic mass is 9.75. The number of hydrogen-bond donors (Lipinski definition) is 1. The van der Waals surface area contributed by atoms with Crippen molar-refractivity contribution < 1.29 is 4.79 Å². The maximum atomic E-state index is 12.2. The van der Waals surface area contributed by atoms with Crippen LogP contribution < -0.4 is 5.32 Å². The number of rotatable bonds is 6. The van der Waals surface area contributed by atoms with Crippen LogP contribution in [0.25, 0.3) is 0 Å². The lowest BCUT2D eigenvalue weighted by Crippen LogP contribution is -2.38. The quantitative estimate of drug-likeness (QED) is 0.790. The van der Waals surface area contributed by atoms with E-state index in [1.54, 1.807) is 0 Å². The maximum Gasteiger partial charge on any atom is 0.225 e. The van der Waals surface area contributed by atoms with Gasteiger partial charge in [-0.2, -0.15) is 0 Å². The monoisotopic (exact) mass is 254 g/mol. The molecule has 1 atom stereocenters. The summed E-state index contributed by atoms with van der Waals surface area (Å²) in [5.41, 5.74) is 0. The second-order valence-electron chi connectivity index (χ2n) is 5.86. The summed E-state index contributed by atoms with van der Waals surface area (Å²) in [6.07, 6.45) is 5.94. The molecule has 1 rings (SSSR count). The van der Waals surface area contributed by atoms with Crippen molar-refractivity contribution >= 4 is 5.91 Å². The molecule has 1 N–H and O–H groups in total. The molecule has 1 aliphatic rings. The Bertz CT molecular complexity index is 247. The Labute approximate surface area is 112 Å². The molecule has 1 saturated carbocycles. The van der Waals surface area contributed by atoms with Crippen molar-refractivity contribution in [2.75, 3.05) is 27.2 Å². The summed E-state index contributed by atoms with van der Waals surface area (Å²) in [4.78, 5) is 14.1. The first-order chi connectivity index (χ1) is 8.60. The zero-order valence-corrected chi connectivity index (χ0v) is 12.5. The van der Waals surface area contributed by atoms with Crippen LogP contribution in [0.3, 0.4) is 0 Å². The van der Waals surface area contributed by atoms with E-state index in [1.807, 2.05) is 19.0 Å². The van der Waals surface area contributed by atoms with Gasteiger partial charge in [0.2, 0.25) is 5.91 Å². The van der Waals surface area contributed by atoms with Crippen molar-refractivity contribution in [1.82, 2.24) is 10.2 Å². The third kappa shape index (κ3) is 4.27. The van der Waals surface area contributed by atoms with E-state index in [4.69, 9.17) is 0 Å². The van der Waals surface area contributed by atoms with Crippen LogP contribution in [0, 0.1) is 17.8 Å². The zero-order chi connectivity index (χ0) is 13.5. The highest BCUT2D eigenvalue weighted by Crippen LogP contribution is 2.35. The summed E-state index contributed by atoms with van der Waals surface area (Å²) in [5, 5.41) is 3.09. The molecule has 3 nitrogen and oxygen atoms in total. The molecular weight excluding hydrogens is 224 g/mol. The van der Waals surface area contributed by atoms with E-state index >= 15 is 0 Å². The fourth-order valence-corrected chi connectivity index (χ4v) is 2.97. The van der Waals surface area contributed by atoms with Crippen molar-refractivity contribution in [3.05, 3.63) is 0 Å². The fourth-order valence-electron chi connectivity index (χ4n) is 2.97. The molecule has 18 heavy (non-hydrogen) atoms. The maximum absolute atomic E-state index is 12.2. The summed E-state index contributed by atoms with van der Waals surface area (Å²) in [7, 11) is 3.86. The van der Waals surface area contributed by atoms with Crippen LogP contribution in [0.4, 0.5) is 0 Å². The van der Waals surface area contributed by atoms with E-state index < -0.39 is 0 Å². The van der Waals surface area contributed by atoms with Crippen LogP contribution in [-0.2, 0) is 4.79 Å². The van der Waals surface area contributed by atoms with Gasteiger partial charge in [-0.3, -0.25) is 4.79 Å². The molecule has 1 fully saturated rings. The SMILES string of the molecule is CCC(C)C1CCC(C(=O)N(C)CCNC)CC1. The Hall–Kier alpha value is -0.570. The topological polar surface area (TPSA) is 32.3 Å². The zero-order valence-electron chi connectivity index (χ0n) is 12.5. The molecule has 1 amide bonds. The summed E-state index contributed by atoms with van der Waals surface area (Å²) in [6, 6.07) is 0. The predicted octanol–water partition coefficient (Wildman–Crippen LogP) is 2.52. The Kier molecular flexibility index (Phi) is 6.69. The Morgan fingerprint density at radius 3 is 2.44 bits per heavy atom. The molecule has 0 spiro atoms. The fraction of sp³-hybridized carbons (Fsp3) is 0.933. The third-order valence-electron chi connectivity index (χ3n) is 4.64. The minimum absolute atomic E-state index is 0.284. The predicted molar refractivity (Wildman–Crippen MR) is 76.5 cm³/mol. The molecule has 106 valence electrons. The molecule has 0 saturated heterocycles. The highest BCUT2D eigenvalue weighted by atomic mass is 16.2. The molecule has 0 heterocycles. The molecule has 0 radical (unpaired) electrons. The number of carbonyl (C=O) groups excluding carboxylic acids is 1. The minimum Gasteiger partial charge on any atom is -0.344 e. The molecule has 0 aliphatic heterocycles. The summed E-state index contributed by atoms with van der Waals surface area (Å²) >= 11 is 0. The molecule has 3 heteroatoms. The normalized spacial score (nSPS) is 25.8. The Morgan fingerprint density at radius 1 is 1.33 bits per heavy atom. The van der Waals surface area contributed by atoms with Crippen LogP contribution in [0.2, 0.25) is 0 Å². The van der Waals surface area contributed by atoms with Gasteiger partial charge in [-0.15, -0.1) is 0 Å². The van der Waals surface area contributed by atoms with Gasteiger partial charge in [0, 0.05) is 26.1 Å². The summed E-state index contributed by atoms with van der Waals surface area (Å²) in [5.74, 6) is 2.31. The van der Waals surface area contributed by atoms with Crippen LogP contribution in [0.15, 0.2) is 0 Å². The number of nitrogens with one attached hydrogen (secondary N) is 1. The van der Waals surface area contributed by atoms with Crippen molar-refractivity contribution in [2.45, 2.75) is 46.0 Å². The van der Waals surface area contributed by atoms with E-state index in [0.29, 0.717) is 5.91 Å². The molecule has 0 aromatic carbocycles. The van der Waals surface area contributed by atoms with Crippen molar-refractivity contribution in [3.8, 4) is 0 Å². The lowest BCUT2D eigenvalue weighted by Gasteiger charge is -2.33. The van der Waals surface area contributed by atoms with Crippen LogP contribution in [0.5, 0.6) is 0 Å². The molecule has 0 aromatic rings. The van der Waals surface area contributed by atoms with Gasteiger partial charge in [-0.25, -0.2) is 0 Å². The van der Waals surface area contributed by atoms with Gasteiger partial charge in [0.25, 0.3) is 0 Å². The first-order valence-corrected chi connectivity index (χ1v) is 7.49. The molecule has 1 aliphatic carbocycles. The van der Waals surface area contributed by atoms with E-state index in [1.165, 1.54) is 19.3 Å². The highest BCUT2D eigenvalue weighted by Gasteiger charge is 2.29. The first-order valence-electron chi connectivity index (χ1n) is 7.49. The van der Waals surface area contributed by atoms with E-state index in [0.717, 1.165) is 37.8 Å². The standard InChI is InChI=1S/C15H30N2O/c1-5-12(2)13-6-8-14(9-7-13)15(18)17(4)11-10-16-3/h12-14,16H,5-11H2,1-4H3. The number of hydrogen-bond acceptors (Lipinski definition) is 2. The molecule has 0 bridgehead atoms. The van der Waals surface area contributed by atoms with Crippen molar-refractivity contribution in [3.63, 3.8) is 0 Å². The Morgan fingerprint density at radius 2 is 1.94 bits per heavy atom. The summed E-state index contributed by atoms with van der Waals surface area (Å²) < 4.78 is 0. The third-order valence-corrected chi connectivity index (χ3v) is 4.64. The number of nitrogens with zero attached hydrogens (tertiary/aromatic N) is 1. The molecular formula is C15H30N2O. The average molecular weight is 254 g/mol. The number of carbonyl (C=O) groups is 1. The molecule has 0 aromatic heterocycles. The van der Waals surface area contributed by atoms with Crippen LogP contribution in [-0.4, -0.2) is 38.0 Å². The smallest absolute Gasteiger partial charge is 0.225 e. The van der Waals surface area contributed by atoms with Crippen LogP contribution in [0.1, 0.15) is 46.0 Å². The largest absolute Gasteiger partial charge is 0.344 e. The van der Waals surface area contributed by atoms with Crippen molar-refractivity contribution in [2.24, 2.45) is 17.8 Å². The number of likely N-dealkylation sites (N-methyl/N-ethyl adjacent to an activating group) is 2. The Balaban J connectivity index is 2.35. The highest BCUT2D eigenvalue weighted by molar-refractivity contribution is 5.78. The average Bonchev–Trinajstić information content (AvgIpc) is 2.43. The second-order valence-corrected chi connectivity index (χ2v) is 5.86.